The molecule has 0 unspecified atom stereocenters. The summed E-state index contributed by atoms with van der Waals surface area (Å²) in [6.07, 6.45) is 0. The molecule has 0 fully saturated rings. The number of imidazole rings is 1. The number of alkyl halides is 1. The first-order chi connectivity index (χ1) is 7.86. The Balaban J connectivity index is 2.31. The molecule has 1 heterocycles. The second-order valence-corrected chi connectivity index (χ2v) is 6.25. The Bertz CT molecular complexity index is 621. The third-order valence-electron chi connectivity index (χ3n) is 2.31. The summed E-state index contributed by atoms with van der Waals surface area (Å²) in [4.78, 5) is 28.1. The van der Waals surface area contributed by atoms with Crippen LogP contribution in [0.2, 0.25) is 0 Å². The van der Waals surface area contributed by atoms with Gasteiger partial charge in [0.25, 0.3) is 0 Å². The lowest BCUT2D eigenvalue weighted by Gasteiger charge is -2.15. The van der Waals surface area contributed by atoms with E-state index in [0.29, 0.717) is 16.7 Å². The molecule has 0 bridgehead atoms. The average Bonchev–Trinajstić information content (AvgIpc) is 2.55. The smallest absolute Gasteiger partial charge is 0.323 e. The van der Waals surface area contributed by atoms with E-state index in [1.165, 1.54) is 0 Å². The lowest BCUT2D eigenvalue weighted by atomic mass is 10.2. The van der Waals surface area contributed by atoms with Crippen LogP contribution in [0.3, 0.4) is 0 Å². The molecule has 2 rings (SSSR count). The molecule has 0 aliphatic carbocycles. The SMILES string of the molecule is CC(C)(Br)C(=O)Nc1ccc2[nH]c(=O)[nH]c2c1. The number of fused-ring (bicyclic) bond motifs is 1. The van der Waals surface area contributed by atoms with Crippen LogP contribution in [-0.4, -0.2) is 20.2 Å². The number of hydrogen-bond donors (Lipinski definition) is 3. The van der Waals surface area contributed by atoms with Crippen molar-refractivity contribution in [2.24, 2.45) is 0 Å². The van der Waals surface area contributed by atoms with Gasteiger partial charge in [0.1, 0.15) is 0 Å². The zero-order valence-corrected chi connectivity index (χ0v) is 11.0. The largest absolute Gasteiger partial charge is 0.325 e. The van der Waals surface area contributed by atoms with Gasteiger partial charge in [-0.15, -0.1) is 0 Å². The van der Waals surface area contributed by atoms with Crippen molar-refractivity contribution >= 4 is 38.6 Å². The van der Waals surface area contributed by atoms with Crippen LogP contribution in [0.25, 0.3) is 11.0 Å². The van der Waals surface area contributed by atoms with Crippen molar-refractivity contribution in [2.75, 3.05) is 5.32 Å². The standard InChI is InChI=1S/C11H12BrN3O2/c1-11(2,12)9(16)13-6-3-4-7-8(5-6)15-10(17)14-7/h3-5H,1-2H3,(H,13,16)(H2,14,15,17). The van der Waals surface area contributed by atoms with Crippen LogP contribution in [0, 0.1) is 0 Å². The van der Waals surface area contributed by atoms with E-state index < -0.39 is 4.32 Å². The van der Waals surface area contributed by atoms with Crippen LogP contribution in [0.5, 0.6) is 0 Å². The second-order valence-electron chi connectivity index (χ2n) is 4.27. The number of rotatable bonds is 2. The van der Waals surface area contributed by atoms with Gasteiger partial charge in [0, 0.05) is 5.69 Å². The molecule has 1 aromatic heterocycles. The van der Waals surface area contributed by atoms with E-state index in [4.69, 9.17) is 0 Å². The zero-order chi connectivity index (χ0) is 12.6. The predicted octanol–water partition coefficient (Wildman–Crippen LogP) is 1.97. The average molecular weight is 298 g/mol. The third kappa shape index (κ3) is 2.58. The van der Waals surface area contributed by atoms with E-state index in [-0.39, 0.29) is 11.6 Å². The van der Waals surface area contributed by atoms with Crippen molar-refractivity contribution in [1.29, 1.82) is 0 Å². The zero-order valence-electron chi connectivity index (χ0n) is 9.43. The van der Waals surface area contributed by atoms with Crippen LogP contribution in [0.15, 0.2) is 23.0 Å². The molecule has 1 amide bonds. The summed E-state index contributed by atoms with van der Waals surface area (Å²) >= 11 is 3.28. The maximum absolute atomic E-state index is 11.7. The Morgan fingerprint density at radius 1 is 1.29 bits per heavy atom. The summed E-state index contributed by atoms with van der Waals surface area (Å²) in [5.41, 5.74) is 1.76. The summed E-state index contributed by atoms with van der Waals surface area (Å²) in [6, 6.07) is 5.19. The first kappa shape index (κ1) is 11.9. The van der Waals surface area contributed by atoms with Gasteiger partial charge in [-0.25, -0.2) is 4.79 Å². The van der Waals surface area contributed by atoms with Crippen molar-refractivity contribution in [1.82, 2.24) is 9.97 Å². The highest BCUT2D eigenvalue weighted by Gasteiger charge is 2.23. The van der Waals surface area contributed by atoms with Crippen LogP contribution < -0.4 is 11.0 Å². The van der Waals surface area contributed by atoms with Gasteiger partial charge in [0.15, 0.2) is 0 Å². The van der Waals surface area contributed by atoms with Crippen LogP contribution >= 0.6 is 15.9 Å². The van der Waals surface area contributed by atoms with Crippen molar-refractivity contribution < 1.29 is 4.79 Å². The Hall–Kier alpha value is -1.56. The molecule has 0 aliphatic heterocycles. The molecular weight excluding hydrogens is 286 g/mol. The van der Waals surface area contributed by atoms with Crippen LogP contribution in [0.1, 0.15) is 13.8 Å². The third-order valence-corrected chi connectivity index (χ3v) is 2.67. The number of benzene rings is 1. The summed E-state index contributed by atoms with van der Waals surface area (Å²) in [7, 11) is 0. The van der Waals surface area contributed by atoms with Gasteiger partial charge in [0.05, 0.1) is 15.4 Å². The first-order valence-electron chi connectivity index (χ1n) is 5.09. The predicted molar refractivity (Wildman–Crippen MR) is 70.6 cm³/mol. The van der Waals surface area contributed by atoms with E-state index >= 15 is 0 Å². The second kappa shape index (κ2) is 4.03. The van der Waals surface area contributed by atoms with Gasteiger partial charge in [-0.2, -0.15) is 0 Å². The first-order valence-corrected chi connectivity index (χ1v) is 5.88. The molecule has 0 aliphatic rings. The normalized spacial score (nSPS) is 11.7. The molecule has 0 radical (unpaired) electrons. The minimum Gasteiger partial charge on any atom is -0.325 e. The summed E-state index contributed by atoms with van der Waals surface area (Å²) in [5.74, 6) is -0.144. The molecule has 1 aromatic carbocycles. The molecular formula is C11H12BrN3O2. The number of carbonyl (C=O) groups excluding carboxylic acids is 1. The number of H-pyrrole nitrogens is 2. The number of nitrogens with one attached hydrogen (secondary N) is 3. The Labute approximate surface area is 106 Å². The fourth-order valence-electron chi connectivity index (χ4n) is 1.39. The van der Waals surface area contributed by atoms with Gasteiger partial charge in [-0.05, 0) is 32.0 Å². The van der Waals surface area contributed by atoms with Gasteiger partial charge in [0.2, 0.25) is 5.91 Å². The highest BCUT2D eigenvalue weighted by molar-refractivity contribution is 9.10. The molecule has 0 saturated heterocycles. The molecule has 0 spiro atoms. The summed E-state index contributed by atoms with van der Waals surface area (Å²) < 4.78 is -0.631. The summed E-state index contributed by atoms with van der Waals surface area (Å²) in [6.45, 7) is 3.53. The molecule has 17 heavy (non-hydrogen) atoms. The topological polar surface area (TPSA) is 77.8 Å². The Morgan fingerprint density at radius 2 is 1.94 bits per heavy atom. The number of aromatic nitrogens is 2. The number of aromatic amines is 2. The molecule has 3 N–H and O–H groups in total. The van der Waals surface area contributed by atoms with E-state index in [1.807, 2.05) is 0 Å². The lowest BCUT2D eigenvalue weighted by Crippen LogP contribution is -2.30. The van der Waals surface area contributed by atoms with Crippen molar-refractivity contribution in [2.45, 2.75) is 18.2 Å². The Morgan fingerprint density at radius 3 is 2.59 bits per heavy atom. The maximum atomic E-state index is 11.7. The molecule has 5 nitrogen and oxygen atoms in total. The minimum absolute atomic E-state index is 0.144. The molecule has 6 heteroatoms. The number of hydrogen-bond acceptors (Lipinski definition) is 2. The lowest BCUT2D eigenvalue weighted by molar-refractivity contribution is -0.117. The van der Waals surface area contributed by atoms with E-state index in [9.17, 15) is 9.59 Å². The fraction of sp³-hybridized carbons (Fsp3) is 0.273. The van der Waals surface area contributed by atoms with E-state index in [1.54, 1.807) is 32.0 Å². The monoisotopic (exact) mass is 297 g/mol. The molecule has 0 atom stereocenters. The fourth-order valence-corrected chi connectivity index (χ4v) is 1.49. The van der Waals surface area contributed by atoms with Crippen LogP contribution in [-0.2, 0) is 4.79 Å². The highest BCUT2D eigenvalue weighted by Crippen LogP contribution is 2.20. The molecule has 2 aromatic rings. The van der Waals surface area contributed by atoms with Crippen LogP contribution in [0.4, 0.5) is 5.69 Å². The maximum Gasteiger partial charge on any atom is 0.323 e. The van der Waals surface area contributed by atoms with Crippen molar-refractivity contribution in [3.8, 4) is 0 Å². The quantitative estimate of drug-likeness (QED) is 0.741. The Kier molecular flexibility index (Phi) is 2.82. The number of halogens is 1. The van der Waals surface area contributed by atoms with Crippen molar-refractivity contribution in [3.05, 3.63) is 28.7 Å². The van der Waals surface area contributed by atoms with Gasteiger partial charge in [-0.3, -0.25) is 4.79 Å². The molecule has 90 valence electrons. The minimum atomic E-state index is -0.631. The number of anilines is 1. The van der Waals surface area contributed by atoms with Gasteiger partial charge >= 0.3 is 5.69 Å². The number of carbonyl (C=O) groups is 1. The van der Waals surface area contributed by atoms with Gasteiger partial charge in [-0.1, -0.05) is 15.9 Å². The van der Waals surface area contributed by atoms with Gasteiger partial charge < -0.3 is 15.3 Å². The van der Waals surface area contributed by atoms with E-state index in [2.05, 4.69) is 31.2 Å². The highest BCUT2D eigenvalue weighted by atomic mass is 79.9. The number of amides is 1. The molecule has 0 saturated carbocycles. The van der Waals surface area contributed by atoms with Crippen molar-refractivity contribution in [3.63, 3.8) is 0 Å². The van der Waals surface area contributed by atoms with E-state index in [0.717, 1.165) is 0 Å². The summed E-state index contributed by atoms with van der Waals surface area (Å²) in [5, 5.41) is 2.76.